The molecule has 7 heteroatoms. The summed E-state index contributed by atoms with van der Waals surface area (Å²) in [5.74, 6) is -1.41. The van der Waals surface area contributed by atoms with Crippen molar-refractivity contribution in [3.63, 3.8) is 0 Å². The van der Waals surface area contributed by atoms with E-state index in [9.17, 15) is 14.7 Å². The summed E-state index contributed by atoms with van der Waals surface area (Å²) >= 11 is 0. The maximum Gasteiger partial charge on any atom is 0.305 e. The zero-order valence-corrected chi connectivity index (χ0v) is 8.80. The minimum absolute atomic E-state index is 0.0991. The van der Waals surface area contributed by atoms with Crippen molar-refractivity contribution < 1.29 is 24.9 Å². The lowest BCUT2D eigenvalue weighted by atomic mass is 10.1. The number of carboxylic acids is 1. The fourth-order valence-electron chi connectivity index (χ4n) is 1.70. The Morgan fingerprint density at radius 1 is 1.62 bits per heavy atom. The van der Waals surface area contributed by atoms with E-state index >= 15 is 0 Å². The van der Waals surface area contributed by atoms with Crippen molar-refractivity contribution in [2.75, 3.05) is 26.2 Å². The molecule has 1 saturated heterocycles. The summed E-state index contributed by atoms with van der Waals surface area (Å²) in [6, 6.07) is -0.771. The molecule has 0 aromatic heterocycles. The van der Waals surface area contributed by atoms with Crippen molar-refractivity contribution in [2.24, 2.45) is 0 Å². The summed E-state index contributed by atoms with van der Waals surface area (Å²) in [5, 5.41) is 29.2. The third kappa shape index (κ3) is 3.44. The Morgan fingerprint density at radius 2 is 2.31 bits per heavy atom. The third-order valence-corrected chi connectivity index (χ3v) is 2.47. The summed E-state index contributed by atoms with van der Waals surface area (Å²) in [6.07, 6.45) is -1.26. The highest BCUT2D eigenvalue weighted by Gasteiger charge is 2.32. The van der Waals surface area contributed by atoms with E-state index in [1.807, 2.05) is 0 Å². The van der Waals surface area contributed by atoms with E-state index in [2.05, 4.69) is 5.32 Å². The lowest BCUT2D eigenvalue weighted by Crippen LogP contribution is -2.57. The van der Waals surface area contributed by atoms with Gasteiger partial charge in [-0.2, -0.15) is 0 Å². The van der Waals surface area contributed by atoms with E-state index in [0.717, 1.165) is 0 Å². The van der Waals surface area contributed by atoms with Crippen LogP contribution in [0.15, 0.2) is 0 Å². The normalized spacial score (nSPS) is 23.9. The predicted molar refractivity (Wildman–Crippen MR) is 53.7 cm³/mol. The van der Waals surface area contributed by atoms with Gasteiger partial charge in [0.05, 0.1) is 25.2 Å². The van der Waals surface area contributed by atoms with Crippen molar-refractivity contribution in [2.45, 2.75) is 18.6 Å². The fourth-order valence-corrected chi connectivity index (χ4v) is 1.70. The van der Waals surface area contributed by atoms with Gasteiger partial charge in [0, 0.05) is 19.6 Å². The van der Waals surface area contributed by atoms with Crippen LogP contribution in [0.1, 0.15) is 6.42 Å². The first-order valence-electron chi connectivity index (χ1n) is 5.07. The second kappa shape index (κ2) is 5.78. The molecule has 0 aliphatic carbocycles. The van der Waals surface area contributed by atoms with Gasteiger partial charge in [0.25, 0.3) is 0 Å². The minimum atomic E-state index is -1.06. The summed E-state index contributed by atoms with van der Waals surface area (Å²) in [6.45, 7) is 0.591. The van der Waals surface area contributed by atoms with E-state index in [1.165, 1.54) is 0 Å². The number of carboxylic acid groups (broad SMARTS) is 1. The quantitative estimate of drug-likeness (QED) is 0.421. The number of nitrogens with zero attached hydrogens (tertiary/aromatic N) is 1. The van der Waals surface area contributed by atoms with Crippen molar-refractivity contribution in [1.82, 2.24) is 10.2 Å². The minimum Gasteiger partial charge on any atom is -0.481 e. The Bertz CT molecular complexity index is 271. The molecule has 0 bridgehead atoms. The monoisotopic (exact) mass is 232 g/mol. The predicted octanol–water partition coefficient (Wildman–Crippen LogP) is -2.39. The highest BCUT2D eigenvalue weighted by atomic mass is 16.4. The fraction of sp³-hybridized carbons (Fsp3) is 0.778. The molecule has 7 nitrogen and oxygen atoms in total. The molecule has 16 heavy (non-hydrogen) atoms. The highest BCUT2D eigenvalue weighted by molar-refractivity contribution is 5.86. The lowest BCUT2D eigenvalue weighted by Gasteiger charge is -2.35. The van der Waals surface area contributed by atoms with Crippen LogP contribution in [-0.2, 0) is 9.59 Å². The average Bonchev–Trinajstić information content (AvgIpc) is 2.22. The maximum atomic E-state index is 11.4. The molecule has 1 heterocycles. The Kier molecular flexibility index (Phi) is 4.66. The van der Waals surface area contributed by atoms with Crippen LogP contribution in [0.5, 0.6) is 0 Å². The maximum absolute atomic E-state index is 11.4. The summed E-state index contributed by atoms with van der Waals surface area (Å²) in [7, 11) is 0. The molecule has 1 aliphatic heterocycles. The zero-order valence-electron chi connectivity index (χ0n) is 8.80. The molecule has 4 N–H and O–H groups in total. The first-order chi connectivity index (χ1) is 7.54. The van der Waals surface area contributed by atoms with Crippen LogP contribution in [-0.4, -0.2) is 70.5 Å². The van der Waals surface area contributed by atoms with E-state index < -0.39 is 24.7 Å². The van der Waals surface area contributed by atoms with Crippen LogP contribution in [0.4, 0.5) is 0 Å². The number of hydrogen-bond acceptors (Lipinski definition) is 5. The molecule has 1 fully saturated rings. The molecule has 0 saturated carbocycles. The zero-order chi connectivity index (χ0) is 12.1. The molecule has 0 aromatic carbocycles. The number of hydrogen-bond donors (Lipinski definition) is 4. The first kappa shape index (κ1) is 12.9. The van der Waals surface area contributed by atoms with Gasteiger partial charge in [-0.3, -0.25) is 14.5 Å². The van der Waals surface area contributed by atoms with Gasteiger partial charge in [0.1, 0.15) is 0 Å². The van der Waals surface area contributed by atoms with Gasteiger partial charge in [-0.1, -0.05) is 0 Å². The van der Waals surface area contributed by atoms with Crippen molar-refractivity contribution in [3.8, 4) is 0 Å². The molecule has 92 valence electrons. The average molecular weight is 232 g/mol. The Hall–Kier alpha value is -1.18. The van der Waals surface area contributed by atoms with Crippen LogP contribution in [0.2, 0.25) is 0 Å². The van der Waals surface area contributed by atoms with Gasteiger partial charge in [-0.05, 0) is 0 Å². The van der Waals surface area contributed by atoms with Crippen molar-refractivity contribution in [1.29, 1.82) is 0 Å². The van der Waals surface area contributed by atoms with Gasteiger partial charge in [0.2, 0.25) is 5.91 Å². The van der Waals surface area contributed by atoms with Crippen LogP contribution in [0, 0.1) is 0 Å². The van der Waals surface area contributed by atoms with Gasteiger partial charge >= 0.3 is 5.97 Å². The summed E-state index contributed by atoms with van der Waals surface area (Å²) in [4.78, 5) is 23.6. The van der Waals surface area contributed by atoms with Gasteiger partial charge < -0.3 is 20.6 Å². The van der Waals surface area contributed by atoms with Crippen molar-refractivity contribution >= 4 is 11.9 Å². The number of β-amino-alcohol motifs (C(OH)–C–C–N with tert-alkyl or cyclic N) is 1. The SMILES string of the molecule is O=C(O)CC1C(=O)NCCN1CC(O)CO. The van der Waals surface area contributed by atoms with E-state index in [-0.39, 0.29) is 18.9 Å². The number of rotatable bonds is 5. The number of aliphatic hydroxyl groups is 2. The number of carbonyl (C=O) groups is 2. The molecule has 1 rings (SSSR count). The standard InChI is InChI=1S/C9H16N2O5/c12-5-6(13)4-11-2-1-10-9(16)7(11)3-8(14)15/h6-7,12-13H,1-5H2,(H,10,16)(H,14,15). The Labute approximate surface area is 92.7 Å². The largest absolute Gasteiger partial charge is 0.481 e. The van der Waals surface area contributed by atoms with Gasteiger partial charge in [-0.15, -0.1) is 0 Å². The molecule has 0 spiro atoms. The molecule has 0 radical (unpaired) electrons. The van der Waals surface area contributed by atoms with Gasteiger partial charge in [-0.25, -0.2) is 0 Å². The highest BCUT2D eigenvalue weighted by Crippen LogP contribution is 2.09. The van der Waals surface area contributed by atoms with E-state index in [1.54, 1.807) is 4.90 Å². The van der Waals surface area contributed by atoms with E-state index in [4.69, 9.17) is 10.2 Å². The second-order valence-electron chi connectivity index (χ2n) is 3.74. The number of aliphatic hydroxyl groups excluding tert-OH is 2. The van der Waals surface area contributed by atoms with Crippen LogP contribution >= 0.6 is 0 Å². The molecule has 2 atom stereocenters. The lowest BCUT2D eigenvalue weighted by molar-refractivity contribution is -0.143. The van der Waals surface area contributed by atoms with Crippen LogP contribution < -0.4 is 5.32 Å². The Morgan fingerprint density at radius 3 is 2.88 bits per heavy atom. The first-order valence-corrected chi connectivity index (χ1v) is 5.07. The molecule has 2 unspecified atom stereocenters. The third-order valence-electron chi connectivity index (χ3n) is 2.47. The second-order valence-corrected chi connectivity index (χ2v) is 3.74. The molecular formula is C9H16N2O5. The topological polar surface area (TPSA) is 110 Å². The van der Waals surface area contributed by atoms with Gasteiger partial charge in [0.15, 0.2) is 0 Å². The smallest absolute Gasteiger partial charge is 0.305 e. The summed E-state index contributed by atoms with van der Waals surface area (Å²) < 4.78 is 0. The van der Waals surface area contributed by atoms with Crippen LogP contribution in [0.25, 0.3) is 0 Å². The summed E-state index contributed by atoms with van der Waals surface area (Å²) in [5.41, 5.74) is 0. The van der Waals surface area contributed by atoms with Crippen molar-refractivity contribution in [3.05, 3.63) is 0 Å². The molecular weight excluding hydrogens is 216 g/mol. The van der Waals surface area contributed by atoms with Crippen LogP contribution in [0.3, 0.4) is 0 Å². The molecule has 1 aliphatic rings. The Balaban J connectivity index is 2.62. The molecule has 1 amide bonds. The number of aliphatic carboxylic acids is 1. The number of carbonyl (C=O) groups excluding carboxylic acids is 1. The number of nitrogens with one attached hydrogen (secondary N) is 1. The number of amides is 1. The molecule has 0 aromatic rings. The van der Waals surface area contributed by atoms with E-state index in [0.29, 0.717) is 13.1 Å². The number of piperazine rings is 1.